The van der Waals surface area contributed by atoms with Gasteiger partial charge in [-0.25, -0.2) is 47.5 Å². The van der Waals surface area contributed by atoms with Crippen LogP contribution in [-0.2, 0) is 19.1 Å². The highest BCUT2D eigenvalue weighted by molar-refractivity contribution is 7.12. The number of piperazine rings is 2. The van der Waals surface area contributed by atoms with E-state index in [9.17, 15) is 47.8 Å². The number of esters is 2. The predicted molar refractivity (Wildman–Crippen MR) is 326 cm³/mol. The number of fused-ring (bicyclic) bond motifs is 2. The number of nitrogens with zero attached hydrogens (tertiary/aromatic N) is 10. The molecule has 0 radical (unpaired) electrons. The number of carbonyl (C=O) groups excluding carboxylic acids is 4. The normalized spacial score (nSPS) is 20.4. The maximum Gasteiger partial charge on any atom is 0.338 e. The van der Waals surface area contributed by atoms with Crippen LogP contribution in [0.3, 0.4) is 0 Å². The number of amides is 4. The second-order valence-electron chi connectivity index (χ2n) is 20.7. The molecule has 0 bridgehead atoms. The lowest BCUT2D eigenvalue weighted by Crippen LogP contribution is -2.53. The minimum atomic E-state index is -1.15. The summed E-state index contributed by atoms with van der Waals surface area (Å²) in [5, 5.41) is 30.6. The lowest BCUT2D eigenvalue weighted by atomic mass is 9.95. The Morgan fingerprint density at radius 3 is 1.51 bits per heavy atom. The number of aliphatic imine (C=N–C) groups is 2. The number of carbonyl (C=O) groups is 6. The van der Waals surface area contributed by atoms with Crippen molar-refractivity contribution in [3.63, 3.8) is 0 Å². The molecule has 4 fully saturated rings. The largest absolute Gasteiger partial charge is 0.478 e. The molecule has 6 aliphatic rings. The van der Waals surface area contributed by atoms with Crippen molar-refractivity contribution < 1.29 is 57.2 Å². The molecule has 2 aromatic heterocycles. The number of hydrogen-bond acceptors (Lipinski definition) is 18. The molecule has 0 spiro atoms. The summed E-state index contributed by atoms with van der Waals surface area (Å²) >= 11 is 28.0. The number of aromatic nitrogens is 2. The van der Waals surface area contributed by atoms with E-state index in [0.29, 0.717) is 114 Å². The average molecular weight is 1320 g/mol. The summed E-state index contributed by atoms with van der Waals surface area (Å²) in [5.41, 5.74) is 3.28. The van der Waals surface area contributed by atoms with Crippen LogP contribution in [0, 0.1) is 11.6 Å². The van der Waals surface area contributed by atoms with Gasteiger partial charge in [0, 0.05) is 138 Å². The highest BCUT2D eigenvalue weighted by atomic mass is 35.5. The summed E-state index contributed by atoms with van der Waals surface area (Å²) in [5.74, 6) is -3.67. The number of carboxylic acids is 2. The summed E-state index contributed by atoms with van der Waals surface area (Å²) in [6.07, 6.45) is 3.29. The van der Waals surface area contributed by atoms with Crippen LogP contribution in [-0.4, -0.2) is 179 Å². The van der Waals surface area contributed by atoms with Crippen molar-refractivity contribution in [1.29, 1.82) is 0 Å². The monoisotopic (exact) mass is 1320 g/mol. The number of urea groups is 2. The van der Waals surface area contributed by atoms with E-state index in [1.807, 2.05) is 5.38 Å². The Kier molecular flexibility index (Phi) is 18.1. The fourth-order valence-corrected chi connectivity index (χ4v) is 13.5. The standard InChI is InChI=1S/2C29H25Cl2FN6O5S/c1-43-28(41)23-22(34-25(26-33-6-9-44-26)35-24(23)18-4-2-15(32)10-20(18)30)14-36-7-8-37-17(12-36)13-38(29(37)42)16-3-5-19(27(39)40)21(31)11-16;1-43-28(41)23-22(34-25(26-33-4-7-44-26)35-24(23)20-3-2-17(32)11-21(20)31)14-36-5-6-37-19(12-36)13-38(29(37)42)18-9-15(27(39)40)8-16(30)10-18/h2-6,9-11,17,24H,7-8,12-14H2,1H3,(H,34,35)(H,39,40);2-4,7-11,19,24H,5-6,12-14H2,1H3,(H,34,35)(H,39,40)/t17-,24-;19-,24-/m00/s1. The maximum atomic E-state index is 14.0. The van der Waals surface area contributed by atoms with E-state index in [0.717, 1.165) is 0 Å². The molecule has 8 heterocycles. The molecule has 6 aromatic rings. The number of ether oxygens (including phenoxy) is 2. The second kappa shape index (κ2) is 25.9. The number of amidine groups is 2. The van der Waals surface area contributed by atoms with E-state index >= 15 is 0 Å². The first-order valence-electron chi connectivity index (χ1n) is 27.0. The fourth-order valence-electron chi connectivity index (χ4n) is 11.3. The van der Waals surface area contributed by atoms with Crippen LogP contribution in [0.5, 0.6) is 0 Å². The van der Waals surface area contributed by atoms with E-state index in [-0.39, 0.29) is 73.1 Å². The number of carboxylic acid groups (broad SMARTS) is 2. The molecule has 4 N–H and O–H groups in total. The molecule has 6 aliphatic heterocycles. The zero-order chi connectivity index (χ0) is 62.2. The third-order valence-electron chi connectivity index (χ3n) is 15.4. The third kappa shape index (κ3) is 12.6. The number of hydrogen-bond donors (Lipinski definition) is 4. The van der Waals surface area contributed by atoms with E-state index in [1.54, 1.807) is 44.6 Å². The van der Waals surface area contributed by atoms with Gasteiger partial charge in [-0.15, -0.1) is 22.7 Å². The Balaban J connectivity index is 0.000000182. The van der Waals surface area contributed by atoms with Gasteiger partial charge in [-0.05, 0) is 60.7 Å². The lowest BCUT2D eigenvalue weighted by molar-refractivity contribution is -0.137. The first-order chi connectivity index (χ1) is 42.3. The van der Waals surface area contributed by atoms with Crippen LogP contribution >= 0.6 is 69.1 Å². The van der Waals surface area contributed by atoms with Gasteiger partial charge in [0.05, 0.1) is 53.6 Å². The van der Waals surface area contributed by atoms with Gasteiger partial charge in [-0.3, -0.25) is 29.6 Å². The van der Waals surface area contributed by atoms with E-state index in [1.165, 1.54) is 102 Å². The van der Waals surface area contributed by atoms with Crippen LogP contribution in [0.25, 0.3) is 0 Å². The number of methoxy groups -OCH3 is 2. The van der Waals surface area contributed by atoms with Gasteiger partial charge in [-0.1, -0.05) is 58.5 Å². The van der Waals surface area contributed by atoms with Crippen molar-refractivity contribution in [1.82, 2.24) is 40.2 Å². The number of thiazole rings is 2. The lowest BCUT2D eigenvalue weighted by Gasteiger charge is -2.38. The van der Waals surface area contributed by atoms with E-state index in [4.69, 9.17) is 65.9 Å². The van der Waals surface area contributed by atoms with Gasteiger partial charge in [0.2, 0.25) is 0 Å². The van der Waals surface area contributed by atoms with Gasteiger partial charge >= 0.3 is 35.9 Å². The summed E-state index contributed by atoms with van der Waals surface area (Å²) < 4.78 is 38.2. The van der Waals surface area contributed by atoms with Crippen molar-refractivity contribution in [2.45, 2.75) is 24.2 Å². The fraction of sp³-hybridized carbons (Fsp3) is 0.276. The predicted octanol–water partition coefficient (Wildman–Crippen LogP) is 8.86. The molecular weight excluding hydrogens is 1270 g/mol. The summed E-state index contributed by atoms with van der Waals surface area (Å²) in [4.78, 5) is 105. The maximum absolute atomic E-state index is 14.0. The SMILES string of the molecule is COC(=O)C1=C(CN2CCN3C(=O)N(c4cc(Cl)cc(C(=O)O)c4)C[C@@H]3C2)NC(c2nccs2)=N[C@H]1c1ccc(F)cc1Cl.COC(=O)C1=C(CN2CCN3C(=O)N(c4ccc(C(=O)O)c(Cl)c4)C[C@@H]3C2)NC(c2nccs2)=N[C@H]1c1ccc(F)cc1Cl. The molecule has 0 saturated carbocycles. The Labute approximate surface area is 528 Å². The smallest absolute Gasteiger partial charge is 0.338 e. The first kappa shape index (κ1) is 61.6. The minimum absolute atomic E-state index is 0.00837. The van der Waals surface area contributed by atoms with Crippen molar-refractivity contribution in [2.24, 2.45) is 9.98 Å². The van der Waals surface area contributed by atoms with Crippen LogP contribution in [0.15, 0.2) is 128 Å². The Bertz CT molecular complexity index is 3930. The van der Waals surface area contributed by atoms with Crippen molar-refractivity contribution >= 4 is 128 Å². The topological polar surface area (TPSA) is 255 Å². The molecule has 4 atom stereocenters. The highest BCUT2D eigenvalue weighted by Gasteiger charge is 2.45. The number of anilines is 2. The number of halogens is 6. The molecule has 4 aromatic carbocycles. The molecular formula is C58H50Cl4F2N12O10S2. The first-order valence-corrected chi connectivity index (χ1v) is 30.2. The van der Waals surface area contributed by atoms with Crippen LogP contribution in [0.4, 0.5) is 29.7 Å². The quantitative estimate of drug-likeness (QED) is 0.0743. The molecule has 4 saturated heterocycles. The van der Waals surface area contributed by atoms with Crippen LogP contribution in [0.2, 0.25) is 20.1 Å². The molecule has 4 amide bonds. The Morgan fingerprint density at radius 1 is 0.602 bits per heavy atom. The third-order valence-corrected chi connectivity index (χ3v) is 18.2. The van der Waals surface area contributed by atoms with Gasteiger partial charge in [-0.2, -0.15) is 0 Å². The van der Waals surface area contributed by atoms with Crippen molar-refractivity contribution in [3.05, 3.63) is 182 Å². The van der Waals surface area contributed by atoms with E-state index in [2.05, 4.69) is 30.4 Å². The summed E-state index contributed by atoms with van der Waals surface area (Å²) in [7, 11) is 2.56. The molecule has 88 heavy (non-hydrogen) atoms. The van der Waals surface area contributed by atoms with Gasteiger partial charge < -0.3 is 40.1 Å². The number of aromatic carboxylic acids is 2. The second-order valence-corrected chi connectivity index (χ2v) is 24.2. The molecule has 22 nitrogen and oxygen atoms in total. The highest BCUT2D eigenvalue weighted by Crippen LogP contribution is 2.40. The molecule has 12 rings (SSSR count). The summed E-state index contributed by atoms with van der Waals surface area (Å²) in [6, 6.07) is 14.1. The van der Waals surface area contributed by atoms with Crippen molar-refractivity contribution in [2.75, 3.05) is 89.5 Å². The zero-order valence-corrected chi connectivity index (χ0v) is 51.0. The number of rotatable bonds is 14. The average Bonchev–Trinajstić information content (AvgIpc) is 1.62. The van der Waals surface area contributed by atoms with Crippen LogP contribution in [0.1, 0.15) is 53.9 Å². The van der Waals surface area contributed by atoms with Gasteiger partial charge in [0.15, 0.2) is 21.7 Å². The molecule has 0 unspecified atom stereocenters. The van der Waals surface area contributed by atoms with E-state index < -0.39 is 47.6 Å². The molecule has 456 valence electrons. The zero-order valence-electron chi connectivity index (χ0n) is 46.3. The minimum Gasteiger partial charge on any atom is -0.478 e. The van der Waals surface area contributed by atoms with Gasteiger partial charge in [0.1, 0.15) is 23.7 Å². The van der Waals surface area contributed by atoms with Gasteiger partial charge in [0.25, 0.3) is 0 Å². The van der Waals surface area contributed by atoms with Crippen LogP contribution < -0.4 is 20.4 Å². The Morgan fingerprint density at radius 2 is 1.09 bits per heavy atom. The Hall–Kier alpha value is -8.08. The summed E-state index contributed by atoms with van der Waals surface area (Å²) in [6.45, 7) is 4.09. The number of nitrogens with one attached hydrogen (secondary N) is 2. The van der Waals surface area contributed by atoms with Crippen molar-refractivity contribution in [3.8, 4) is 0 Å². The number of benzene rings is 4. The molecule has 30 heteroatoms. The molecule has 0 aliphatic carbocycles.